The van der Waals surface area contributed by atoms with Crippen molar-refractivity contribution in [1.82, 2.24) is 0 Å². The van der Waals surface area contributed by atoms with Crippen molar-refractivity contribution >= 4 is 8.56 Å². The summed E-state index contributed by atoms with van der Waals surface area (Å²) in [5.41, 5.74) is 1.09. The molecule has 0 amide bonds. The Balaban J connectivity index is 5.19. The summed E-state index contributed by atoms with van der Waals surface area (Å²) in [5, 5.41) is 0. The molecule has 0 spiro atoms. The maximum Gasteiger partial charge on any atom is 0.344 e. The van der Waals surface area contributed by atoms with Crippen molar-refractivity contribution in [2.45, 2.75) is 91.5 Å². The van der Waals surface area contributed by atoms with Crippen molar-refractivity contribution in [2.75, 3.05) is 0 Å². The van der Waals surface area contributed by atoms with Gasteiger partial charge in [-0.1, -0.05) is 40.5 Å². The van der Waals surface area contributed by atoms with Crippen molar-refractivity contribution < 1.29 is 8.85 Å². The molecule has 0 aliphatic carbocycles. The highest BCUT2D eigenvalue weighted by atomic mass is 28.4. The van der Waals surface area contributed by atoms with Gasteiger partial charge in [0.2, 0.25) is 0 Å². The minimum atomic E-state index is -2.13. The summed E-state index contributed by atoms with van der Waals surface area (Å²) in [6, 6.07) is 0. The highest BCUT2D eigenvalue weighted by molar-refractivity contribution is 6.70. The Labute approximate surface area is 109 Å². The molecule has 0 rings (SSSR count). The standard InChI is InChI=1S/C14H32O2Si/c1-9-13(7)17(14(8)10-2,15-11(3)4)16-12(5)6/h11-14H,9-10H2,1-8H3. The van der Waals surface area contributed by atoms with E-state index in [0.717, 1.165) is 12.8 Å². The van der Waals surface area contributed by atoms with Gasteiger partial charge in [0.25, 0.3) is 0 Å². The van der Waals surface area contributed by atoms with Crippen LogP contribution in [-0.2, 0) is 8.85 Å². The highest BCUT2D eigenvalue weighted by Gasteiger charge is 2.48. The van der Waals surface area contributed by atoms with Crippen LogP contribution in [0.3, 0.4) is 0 Å². The molecule has 0 aromatic rings. The average molecular weight is 260 g/mol. The predicted octanol–water partition coefficient (Wildman–Crippen LogP) is 4.88. The van der Waals surface area contributed by atoms with Gasteiger partial charge in [-0.2, -0.15) is 0 Å². The second-order valence-electron chi connectivity index (χ2n) is 5.67. The molecule has 17 heavy (non-hydrogen) atoms. The van der Waals surface area contributed by atoms with Gasteiger partial charge in [0.15, 0.2) is 0 Å². The van der Waals surface area contributed by atoms with E-state index in [-0.39, 0.29) is 12.2 Å². The Bertz CT molecular complexity index is 182. The average Bonchev–Trinajstić information content (AvgIpc) is 2.24. The summed E-state index contributed by atoms with van der Waals surface area (Å²) in [7, 11) is -2.13. The second kappa shape index (κ2) is 7.55. The first-order valence-electron chi connectivity index (χ1n) is 7.15. The minimum Gasteiger partial charge on any atom is -0.391 e. The maximum atomic E-state index is 6.37. The summed E-state index contributed by atoms with van der Waals surface area (Å²) >= 11 is 0. The van der Waals surface area contributed by atoms with E-state index in [1.165, 1.54) is 0 Å². The molecule has 2 unspecified atom stereocenters. The summed E-state index contributed by atoms with van der Waals surface area (Å²) in [6.07, 6.45) is 2.78. The van der Waals surface area contributed by atoms with Crippen LogP contribution in [0, 0.1) is 0 Å². The molecule has 0 fully saturated rings. The quantitative estimate of drug-likeness (QED) is 0.579. The van der Waals surface area contributed by atoms with Crippen LogP contribution in [0.1, 0.15) is 68.2 Å². The van der Waals surface area contributed by atoms with E-state index in [4.69, 9.17) is 8.85 Å². The number of hydrogen-bond donors (Lipinski definition) is 0. The van der Waals surface area contributed by atoms with Gasteiger partial charge in [0.1, 0.15) is 0 Å². The summed E-state index contributed by atoms with van der Waals surface area (Å²) in [6.45, 7) is 17.6. The Hall–Kier alpha value is 0.137. The van der Waals surface area contributed by atoms with Crippen molar-refractivity contribution in [3.05, 3.63) is 0 Å². The fraction of sp³-hybridized carbons (Fsp3) is 1.00. The molecule has 2 atom stereocenters. The molecule has 0 N–H and O–H groups in total. The number of hydrogen-bond acceptors (Lipinski definition) is 2. The smallest absolute Gasteiger partial charge is 0.344 e. The number of rotatable bonds is 8. The lowest BCUT2D eigenvalue weighted by Crippen LogP contribution is -2.52. The molecule has 0 bridgehead atoms. The molecular weight excluding hydrogens is 228 g/mol. The van der Waals surface area contributed by atoms with Crippen LogP contribution in [0.4, 0.5) is 0 Å². The van der Waals surface area contributed by atoms with E-state index in [9.17, 15) is 0 Å². The lowest BCUT2D eigenvalue weighted by molar-refractivity contribution is 0.0894. The zero-order chi connectivity index (χ0) is 13.6. The fourth-order valence-corrected chi connectivity index (χ4v) is 6.85. The molecule has 0 heterocycles. The van der Waals surface area contributed by atoms with E-state index in [0.29, 0.717) is 11.1 Å². The molecule has 2 nitrogen and oxygen atoms in total. The first-order chi connectivity index (χ1) is 7.80. The molecule has 0 saturated heterocycles. The Morgan fingerprint density at radius 3 is 1.18 bits per heavy atom. The maximum absolute atomic E-state index is 6.37. The lowest BCUT2D eigenvalue weighted by Gasteiger charge is -2.42. The van der Waals surface area contributed by atoms with E-state index >= 15 is 0 Å². The minimum absolute atomic E-state index is 0.253. The molecule has 0 aliphatic heterocycles. The first kappa shape index (κ1) is 17.1. The predicted molar refractivity (Wildman–Crippen MR) is 77.6 cm³/mol. The summed E-state index contributed by atoms with van der Waals surface area (Å²) < 4.78 is 12.7. The molecule has 0 aromatic carbocycles. The highest BCUT2D eigenvalue weighted by Crippen LogP contribution is 2.40. The van der Waals surface area contributed by atoms with Gasteiger partial charge in [-0.25, -0.2) is 0 Å². The van der Waals surface area contributed by atoms with E-state index in [1.54, 1.807) is 0 Å². The van der Waals surface area contributed by atoms with Gasteiger partial charge in [-0.05, 0) is 38.8 Å². The van der Waals surface area contributed by atoms with Gasteiger partial charge in [-0.3, -0.25) is 0 Å². The van der Waals surface area contributed by atoms with Crippen LogP contribution in [0.25, 0.3) is 0 Å². The summed E-state index contributed by atoms with van der Waals surface area (Å²) in [5.74, 6) is 0. The fourth-order valence-electron chi connectivity index (χ4n) is 2.28. The first-order valence-corrected chi connectivity index (χ1v) is 9.12. The van der Waals surface area contributed by atoms with Crippen LogP contribution >= 0.6 is 0 Å². The third kappa shape index (κ3) is 4.72. The SMILES string of the molecule is CCC(C)[Si](OC(C)C)(OC(C)C)C(C)CC. The van der Waals surface area contributed by atoms with Gasteiger partial charge < -0.3 is 8.85 Å². The Morgan fingerprint density at radius 2 is 1.00 bits per heavy atom. The van der Waals surface area contributed by atoms with Crippen LogP contribution in [0.5, 0.6) is 0 Å². The topological polar surface area (TPSA) is 18.5 Å². The zero-order valence-electron chi connectivity index (χ0n) is 13.0. The molecule has 0 aliphatic rings. The molecule has 0 radical (unpaired) electrons. The zero-order valence-corrected chi connectivity index (χ0v) is 14.0. The van der Waals surface area contributed by atoms with Gasteiger partial charge in [-0.15, -0.1) is 0 Å². The Kier molecular flexibility index (Phi) is 7.61. The van der Waals surface area contributed by atoms with Crippen LogP contribution in [-0.4, -0.2) is 20.8 Å². The van der Waals surface area contributed by atoms with Crippen molar-refractivity contribution in [3.8, 4) is 0 Å². The van der Waals surface area contributed by atoms with Crippen LogP contribution < -0.4 is 0 Å². The van der Waals surface area contributed by atoms with E-state index in [1.807, 2.05) is 0 Å². The monoisotopic (exact) mass is 260 g/mol. The third-order valence-corrected chi connectivity index (χ3v) is 8.68. The van der Waals surface area contributed by atoms with Crippen LogP contribution in [0.15, 0.2) is 0 Å². The van der Waals surface area contributed by atoms with Gasteiger partial charge >= 0.3 is 8.56 Å². The molecule has 0 saturated carbocycles. The lowest BCUT2D eigenvalue weighted by atomic mass is 10.3. The Morgan fingerprint density at radius 1 is 0.706 bits per heavy atom. The molecular formula is C14H32O2Si. The molecule has 3 heteroatoms. The van der Waals surface area contributed by atoms with Crippen molar-refractivity contribution in [1.29, 1.82) is 0 Å². The second-order valence-corrected chi connectivity index (χ2v) is 9.56. The normalized spacial score (nSPS) is 16.6. The molecule has 104 valence electrons. The van der Waals surface area contributed by atoms with Crippen LogP contribution in [0.2, 0.25) is 11.1 Å². The largest absolute Gasteiger partial charge is 0.391 e. The third-order valence-electron chi connectivity index (χ3n) is 3.44. The summed E-state index contributed by atoms with van der Waals surface area (Å²) in [4.78, 5) is 0. The van der Waals surface area contributed by atoms with E-state index < -0.39 is 8.56 Å². The van der Waals surface area contributed by atoms with E-state index in [2.05, 4.69) is 55.4 Å². The van der Waals surface area contributed by atoms with Crippen molar-refractivity contribution in [2.24, 2.45) is 0 Å². The van der Waals surface area contributed by atoms with Crippen molar-refractivity contribution in [3.63, 3.8) is 0 Å². The molecule has 0 aromatic heterocycles. The van der Waals surface area contributed by atoms with Gasteiger partial charge in [0.05, 0.1) is 0 Å². The van der Waals surface area contributed by atoms with Gasteiger partial charge in [0, 0.05) is 12.2 Å².